The van der Waals surface area contributed by atoms with Gasteiger partial charge in [0.15, 0.2) is 0 Å². The molecule has 0 fully saturated rings. The number of ether oxygens (including phenoxy) is 1. The lowest BCUT2D eigenvalue weighted by Gasteiger charge is -2.14. The number of nitriles is 3. The maximum Gasteiger partial charge on any atom is 0.240 e. The highest BCUT2D eigenvalue weighted by Gasteiger charge is 2.16. The van der Waals surface area contributed by atoms with E-state index >= 15 is 0 Å². The minimum absolute atomic E-state index is 0.213. The van der Waals surface area contributed by atoms with Gasteiger partial charge in [-0.25, -0.2) is 4.98 Å². The van der Waals surface area contributed by atoms with Gasteiger partial charge in [0.1, 0.15) is 21.9 Å². The second kappa shape index (κ2) is 16.8. The van der Waals surface area contributed by atoms with Crippen molar-refractivity contribution in [3.63, 3.8) is 0 Å². The zero-order chi connectivity index (χ0) is 38.1. The maximum absolute atomic E-state index is 9.10. The molecule has 0 aliphatic heterocycles. The van der Waals surface area contributed by atoms with Crippen molar-refractivity contribution in [1.29, 1.82) is 15.8 Å². The molecule has 6 aromatic rings. The lowest BCUT2D eigenvalue weighted by atomic mass is 10.1. The number of hydrogen-bond acceptors (Lipinski definition) is 12. The fourth-order valence-corrected chi connectivity index (χ4v) is 5.61. The normalized spacial score (nSPS) is 10.1. The molecule has 12 nitrogen and oxygen atoms in total. The van der Waals surface area contributed by atoms with Gasteiger partial charge in [0, 0.05) is 23.3 Å². The fraction of sp³-hybridized carbons (Fsp3) is 0.125. The third-order valence-corrected chi connectivity index (χ3v) is 8.51. The first-order valence-corrected chi connectivity index (χ1v) is 17.0. The smallest absolute Gasteiger partial charge is 0.240 e. The third kappa shape index (κ3) is 9.62. The van der Waals surface area contributed by atoms with Crippen LogP contribution in [0.2, 0.25) is 0 Å². The van der Waals surface area contributed by atoms with E-state index in [1.807, 2.05) is 32.0 Å². The number of aromatic nitrogens is 4. The number of nitrogens with zero attached hydrogens (tertiary/aromatic N) is 7. The molecule has 0 aliphatic rings. The van der Waals surface area contributed by atoms with Crippen LogP contribution in [0.5, 0.6) is 11.6 Å². The van der Waals surface area contributed by atoms with Gasteiger partial charge < -0.3 is 26.4 Å². The molecule has 0 unspecified atom stereocenters. The van der Waals surface area contributed by atoms with Crippen LogP contribution in [0.4, 0.5) is 40.6 Å². The van der Waals surface area contributed by atoms with Gasteiger partial charge in [0.2, 0.25) is 17.8 Å². The average Bonchev–Trinajstić information content (AvgIpc) is 3.14. The summed E-state index contributed by atoms with van der Waals surface area (Å²) in [5.41, 5.74) is 15.5. The Bertz CT molecular complexity index is 2360. The van der Waals surface area contributed by atoms with Gasteiger partial charge in [0.05, 0.1) is 34.9 Å². The Labute approximate surface area is 316 Å². The Morgan fingerprint density at radius 2 is 1.15 bits per heavy atom. The Morgan fingerprint density at radius 1 is 0.623 bits per heavy atom. The van der Waals surface area contributed by atoms with Crippen molar-refractivity contribution in [2.75, 3.05) is 21.7 Å². The number of rotatable bonds is 8. The van der Waals surface area contributed by atoms with E-state index in [0.717, 1.165) is 28.3 Å². The highest BCUT2D eigenvalue weighted by molar-refractivity contribution is 9.10. The quantitative estimate of drug-likeness (QED) is 0.115. The second-order valence-electron chi connectivity index (χ2n) is 12.0. The molecule has 53 heavy (non-hydrogen) atoms. The number of hydrogen-bond donors (Lipinski definition) is 4. The number of halogens is 1. The van der Waals surface area contributed by atoms with E-state index in [-0.39, 0.29) is 17.6 Å². The summed E-state index contributed by atoms with van der Waals surface area (Å²) in [4.78, 5) is 17.4. The molecule has 2 heterocycles. The van der Waals surface area contributed by atoms with Crippen LogP contribution in [0.3, 0.4) is 0 Å². The average molecular weight is 765 g/mol. The third-order valence-electron chi connectivity index (χ3n) is 7.76. The first-order valence-electron chi connectivity index (χ1n) is 16.2. The molecule has 0 atom stereocenters. The summed E-state index contributed by atoms with van der Waals surface area (Å²) in [5.74, 6) is 2.54. The van der Waals surface area contributed by atoms with E-state index in [2.05, 4.69) is 103 Å². The minimum Gasteiger partial charge on any atom is -0.437 e. The fourth-order valence-electron chi connectivity index (χ4n) is 5.35. The van der Waals surface area contributed by atoms with Crippen molar-refractivity contribution in [3.8, 4) is 29.8 Å². The molecular formula is C40H34BrN11O. The van der Waals surface area contributed by atoms with Gasteiger partial charge >= 0.3 is 0 Å². The molecule has 0 aliphatic carbocycles. The van der Waals surface area contributed by atoms with E-state index in [9.17, 15) is 0 Å². The molecule has 0 saturated carbocycles. The minimum atomic E-state index is 0.213. The summed E-state index contributed by atoms with van der Waals surface area (Å²) in [6.45, 7) is 9.97. The van der Waals surface area contributed by atoms with Crippen molar-refractivity contribution in [2.24, 2.45) is 0 Å². The zero-order valence-electron chi connectivity index (χ0n) is 29.6. The molecule has 0 spiro atoms. The van der Waals surface area contributed by atoms with Crippen molar-refractivity contribution in [3.05, 3.63) is 134 Å². The molecule has 4 aromatic carbocycles. The van der Waals surface area contributed by atoms with Crippen LogP contribution < -0.4 is 26.4 Å². The van der Waals surface area contributed by atoms with Gasteiger partial charge in [-0.1, -0.05) is 17.7 Å². The summed E-state index contributed by atoms with van der Waals surface area (Å²) in [7, 11) is 0. The number of aryl methyl sites for hydroxylation is 5. The predicted molar refractivity (Wildman–Crippen MR) is 210 cm³/mol. The highest BCUT2D eigenvalue weighted by atomic mass is 79.9. The SMILES string of the molecule is Cc1cc(C#N)cc(C)c1Oc1nc(Nc2ccc(C#N)cc2)nc(N)c1Br.Cc1cc(C)c(Nc2ccnc(Nc3ccc(C#N)cc3)n2)c(C)c1. The summed E-state index contributed by atoms with van der Waals surface area (Å²) in [6.07, 6.45) is 1.71. The molecule has 13 heteroatoms. The van der Waals surface area contributed by atoms with Crippen molar-refractivity contribution >= 4 is 56.5 Å². The summed E-state index contributed by atoms with van der Waals surface area (Å²) >= 11 is 3.36. The Kier molecular flexibility index (Phi) is 11.8. The molecule has 0 saturated heterocycles. The molecular weight excluding hydrogens is 730 g/mol. The van der Waals surface area contributed by atoms with Crippen LogP contribution in [-0.4, -0.2) is 19.9 Å². The number of nitrogens with two attached hydrogens (primary N) is 1. The van der Waals surface area contributed by atoms with E-state index < -0.39 is 0 Å². The van der Waals surface area contributed by atoms with Crippen LogP contribution in [0.1, 0.15) is 44.5 Å². The van der Waals surface area contributed by atoms with Crippen LogP contribution >= 0.6 is 15.9 Å². The lowest BCUT2D eigenvalue weighted by molar-refractivity contribution is 0.453. The van der Waals surface area contributed by atoms with Crippen molar-refractivity contribution in [1.82, 2.24) is 19.9 Å². The first-order chi connectivity index (χ1) is 25.5. The van der Waals surface area contributed by atoms with Gasteiger partial charge in [-0.15, -0.1) is 0 Å². The van der Waals surface area contributed by atoms with E-state index in [4.69, 9.17) is 26.3 Å². The molecule has 2 aromatic heterocycles. The largest absolute Gasteiger partial charge is 0.437 e. The number of benzene rings is 4. The molecule has 262 valence electrons. The highest BCUT2D eigenvalue weighted by Crippen LogP contribution is 2.36. The Morgan fingerprint density at radius 3 is 1.68 bits per heavy atom. The van der Waals surface area contributed by atoms with Gasteiger partial charge in [-0.3, -0.25) is 0 Å². The van der Waals surface area contributed by atoms with Crippen LogP contribution in [-0.2, 0) is 0 Å². The van der Waals surface area contributed by atoms with Crippen LogP contribution in [0.15, 0.2) is 89.5 Å². The molecule has 5 N–H and O–H groups in total. The first kappa shape index (κ1) is 37.3. The molecule has 0 amide bonds. The predicted octanol–water partition coefficient (Wildman–Crippen LogP) is 9.48. The summed E-state index contributed by atoms with van der Waals surface area (Å²) in [5, 5.41) is 36.4. The summed E-state index contributed by atoms with van der Waals surface area (Å²) < 4.78 is 6.43. The topological polar surface area (TPSA) is 194 Å². The van der Waals surface area contributed by atoms with E-state index in [1.54, 1.807) is 54.7 Å². The van der Waals surface area contributed by atoms with E-state index in [1.165, 1.54) is 16.7 Å². The Hall–Kier alpha value is -7.01. The monoisotopic (exact) mass is 763 g/mol. The van der Waals surface area contributed by atoms with Gasteiger partial charge in [-0.05, 0) is 140 Å². The maximum atomic E-state index is 9.10. The molecule has 6 rings (SSSR count). The van der Waals surface area contributed by atoms with Crippen LogP contribution in [0.25, 0.3) is 0 Å². The summed E-state index contributed by atoms with van der Waals surface area (Å²) in [6, 6.07) is 29.9. The molecule has 0 radical (unpaired) electrons. The van der Waals surface area contributed by atoms with Gasteiger partial charge in [0.25, 0.3) is 0 Å². The number of nitrogens with one attached hydrogen (secondary N) is 3. The zero-order valence-corrected chi connectivity index (χ0v) is 31.2. The van der Waals surface area contributed by atoms with Crippen molar-refractivity contribution < 1.29 is 4.74 Å². The number of nitrogen functional groups attached to an aromatic ring is 1. The van der Waals surface area contributed by atoms with Crippen molar-refractivity contribution in [2.45, 2.75) is 34.6 Å². The standard InChI is InChI=1S/C20H15BrN6O.C20H19N5/c1-11-7-14(10-23)8-12(2)17(11)28-19-16(21)18(24)26-20(27-19)25-15-5-3-13(9-22)4-6-15;1-13-10-14(2)19(15(3)11-13)24-18-8-9-22-20(25-18)23-17-6-4-16(12-21)5-7-17/h3-8H,1-2H3,(H3,24,25,26,27);4-11H,1-3H3,(H2,22,23,24,25). The second-order valence-corrected chi connectivity index (χ2v) is 12.8. The lowest BCUT2D eigenvalue weighted by Crippen LogP contribution is -2.04. The van der Waals surface area contributed by atoms with Gasteiger partial charge in [-0.2, -0.15) is 30.7 Å². The number of anilines is 7. The molecule has 0 bridgehead atoms. The van der Waals surface area contributed by atoms with Crippen LogP contribution in [0, 0.1) is 68.6 Å². The van der Waals surface area contributed by atoms with E-state index in [0.29, 0.717) is 38.5 Å². The Balaban J connectivity index is 0.000000206.